The summed E-state index contributed by atoms with van der Waals surface area (Å²) < 4.78 is 0. The molecule has 1 N–H and O–H groups in total. The summed E-state index contributed by atoms with van der Waals surface area (Å²) in [6.07, 6.45) is 7.79. The van der Waals surface area contributed by atoms with Crippen LogP contribution in [0.3, 0.4) is 0 Å². The lowest BCUT2D eigenvalue weighted by molar-refractivity contribution is 0.749. The second-order valence-corrected chi connectivity index (χ2v) is 10.7. The molecule has 0 amide bonds. The smallest absolute Gasteiger partial charge is 0.0713 e. The highest BCUT2D eigenvalue weighted by Gasteiger charge is 2.45. The van der Waals surface area contributed by atoms with Gasteiger partial charge in [0.15, 0.2) is 0 Å². The van der Waals surface area contributed by atoms with Crippen LogP contribution in [-0.4, -0.2) is 0 Å². The molecule has 5 aromatic rings. The van der Waals surface area contributed by atoms with Gasteiger partial charge in [0, 0.05) is 11.4 Å². The van der Waals surface area contributed by atoms with Crippen LogP contribution in [0.5, 0.6) is 0 Å². The van der Waals surface area contributed by atoms with Gasteiger partial charge in [-0.15, -0.1) is 0 Å². The highest BCUT2D eigenvalue weighted by atomic mass is 14.9. The molecular weight excluding hydrogens is 470 g/mol. The van der Waals surface area contributed by atoms with E-state index in [0.29, 0.717) is 5.92 Å². The molecule has 0 heterocycles. The van der Waals surface area contributed by atoms with E-state index in [1.807, 2.05) is 0 Å². The standard InChI is InChI=1S/C38H31N/c1-27-11-10-12-29(25-27)28-19-21-32(22-20-28)39-33-23-24-37-35(26-33)34-17-8-9-18-36(34)38(37,30-13-4-2-5-14-30)31-15-6-3-7-16-31/h2-24,26-27,39H,25H2,1H3. The summed E-state index contributed by atoms with van der Waals surface area (Å²) in [7, 11) is 0. The lowest BCUT2D eigenvalue weighted by Crippen LogP contribution is -2.28. The Morgan fingerprint density at radius 2 is 1.23 bits per heavy atom. The third-order valence-corrected chi connectivity index (χ3v) is 8.28. The van der Waals surface area contributed by atoms with Gasteiger partial charge in [0.2, 0.25) is 0 Å². The zero-order chi connectivity index (χ0) is 26.2. The van der Waals surface area contributed by atoms with Crippen molar-refractivity contribution in [1.82, 2.24) is 0 Å². The van der Waals surface area contributed by atoms with Crippen LogP contribution in [0.25, 0.3) is 16.7 Å². The van der Waals surface area contributed by atoms with E-state index in [9.17, 15) is 0 Å². The summed E-state index contributed by atoms with van der Waals surface area (Å²) in [6.45, 7) is 2.27. The first-order valence-corrected chi connectivity index (χ1v) is 13.8. The van der Waals surface area contributed by atoms with Gasteiger partial charge in [0.25, 0.3) is 0 Å². The van der Waals surface area contributed by atoms with Crippen LogP contribution >= 0.6 is 0 Å². The number of nitrogens with one attached hydrogen (secondary N) is 1. The molecule has 0 aliphatic heterocycles. The van der Waals surface area contributed by atoms with Crippen molar-refractivity contribution >= 4 is 16.9 Å². The average molecular weight is 502 g/mol. The third kappa shape index (κ3) is 3.94. The first-order chi connectivity index (χ1) is 19.2. The van der Waals surface area contributed by atoms with E-state index in [4.69, 9.17) is 0 Å². The van der Waals surface area contributed by atoms with Gasteiger partial charge in [-0.05, 0) is 81.1 Å². The Kier molecular flexibility index (Phi) is 5.78. The van der Waals surface area contributed by atoms with Crippen LogP contribution in [-0.2, 0) is 5.41 Å². The van der Waals surface area contributed by atoms with Crippen LogP contribution in [0.4, 0.5) is 11.4 Å². The molecule has 0 bridgehead atoms. The first kappa shape index (κ1) is 23.5. The highest BCUT2D eigenvalue weighted by Crippen LogP contribution is 2.56. The van der Waals surface area contributed by atoms with Crippen molar-refractivity contribution in [1.29, 1.82) is 0 Å². The molecule has 0 fully saturated rings. The van der Waals surface area contributed by atoms with Crippen molar-refractivity contribution in [3.8, 4) is 11.1 Å². The zero-order valence-electron chi connectivity index (χ0n) is 22.1. The average Bonchev–Trinajstić information content (AvgIpc) is 3.29. The molecule has 0 saturated carbocycles. The Morgan fingerprint density at radius 3 is 1.92 bits per heavy atom. The van der Waals surface area contributed by atoms with E-state index < -0.39 is 0 Å². The molecule has 0 radical (unpaired) electrons. The van der Waals surface area contributed by atoms with Crippen molar-refractivity contribution in [2.24, 2.45) is 5.92 Å². The number of fused-ring (bicyclic) bond motifs is 3. The summed E-state index contributed by atoms with van der Waals surface area (Å²) in [4.78, 5) is 0. The normalized spacial score (nSPS) is 16.7. The van der Waals surface area contributed by atoms with E-state index in [2.05, 4.69) is 158 Å². The van der Waals surface area contributed by atoms with Crippen molar-refractivity contribution in [3.05, 3.63) is 173 Å². The number of rotatable bonds is 5. The zero-order valence-corrected chi connectivity index (χ0v) is 22.1. The number of anilines is 2. The maximum absolute atomic E-state index is 3.68. The van der Waals surface area contributed by atoms with Gasteiger partial charge in [-0.1, -0.05) is 128 Å². The molecule has 0 spiro atoms. The van der Waals surface area contributed by atoms with Crippen LogP contribution in [0.15, 0.2) is 146 Å². The van der Waals surface area contributed by atoms with E-state index in [1.165, 1.54) is 44.5 Å². The summed E-state index contributed by atoms with van der Waals surface area (Å²) in [5, 5.41) is 3.68. The first-order valence-electron chi connectivity index (χ1n) is 13.8. The predicted octanol–water partition coefficient (Wildman–Crippen LogP) is 9.77. The van der Waals surface area contributed by atoms with Gasteiger partial charge in [-0.2, -0.15) is 0 Å². The Labute approximate surface area is 231 Å². The molecule has 1 unspecified atom stereocenters. The van der Waals surface area contributed by atoms with E-state index >= 15 is 0 Å². The maximum atomic E-state index is 3.68. The Bertz CT molecular complexity index is 1650. The Balaban J connectivity index is 1.31. The topological polar surface area (TPSA) is 12.0 Å². The largest absolute Gasteiger partial charge is 0.356 e. The third-order valence-electron chi connectivity index (χ3n) is 8.28. The number of allylic oxidation sites excluding steroid dienone is 4. The van der Waals surface area contributed by atoms with Crippen LogP contribution < -0.4 is 5.32 Å². The molecular formula is C38H31N. The molecule has 188 valence electrons. The summed E-state index contributed by atoms with van der Waals surface area (Å²) in [5.41, 5.74) is 12.4. The molecule has 0 aromatic heterocycles. The lowest BCUT2D eigenvalue weighted by Gasteiger charge is -2.33. The van der Waals surface area contributed by atoms with Crippen molar-refractivity contribution in [2.75, 3.05) is 5.32 Å². The van der Waals surface area contributed by atoms with E-state index in [-0.39, 0.29) is 5.41 Å². The fraction of sp³-hybridized carbons (Fsp3) is 0.105. The van der Waals surface area contributed by atoms with Crippen LogP contribution in [0.1, 0.15) is 41.2 Å². The maximum Gasteiger partial charge on any atom is 0.0713 e. The summed E-state index contributed by atoms with van der Waals surface area (Å²) >= 11 is 0. The highest BCUT2D eigenvalue weighted by molar-refractivity contribution is 5.88. The molecule has 1 atom stereocenters. The van der Waals surface area contributed by atoms with Gasteiger partial charge in [-0.25, -0.2) is 0 Å². The predicted molar refractivity (Wildman–Crippen MR) is 164 cm³/mol. The minimum atomic E-state index is -0.353. The number of benzene rings is 5. The monoisotopic (exact) mass is 501 g/mol. The summed E-state index contributed by atoms with van der Waals surface area (Å²) in [5.74, 6) is 0.594. The van der Waals surface area contributed by atoms with Gasteiger partial charge in [0.1, 0.15) is 0 Å². The molecule has 1 heteroatoms. The van der Waals surface area contributed by atoms with Crippen LogP contribution in [0.2, 0.25) is 0 Å². The molecule has 7 rings (SSSR count). The molecule has 2 aliphatic rings. The lowest BCUT2D eigenvalue weighted by atomic mass is 9.68. The SMILES string of the molecule is CC1C=CC=C(c2ccc(Nc3ccc4c(c3)-c3ccccc3C4(c3ccccc3)c3ccccc3)cc2)C1. The quantitative estimate of drug-likeness (QED) is 0.248. The fourth-order valence-corrected chi connectivity index (χ4v) is 6.52. The molecule has 2 aliphatic carbocycles. The molecule has 1 nitrogen and oxygen atoms in total. The van der Waals surface area contributed by atoms with Crippen molar-refractivity contribution in [2.45, 2.75) is 18.8 Å². The van der Waals surface area contributed by atoms with Gasteiger partial charge in [0.05, 0.1) is 5.41 Å². The van der Waals surface area contributed by atoms with Gasteiger partial charge < -0.3 is 5.32 Å². The summed E-state index contributed by atoms with van der Waals surface area (Å²) in [6, 6.07) is 46.5. The fourth-order valence-electron chi connectivity index (χ4n) is 6.52. The molecule has 5 aromatic carbocycles. The number of hydrogen-bond acceptors (Lipinski definition) is 1. The van der Waals surface area contributed by atoms with E-state index in [1.54, 1.807) is 0 Å². The molecule has 39 heavy (non-hydrogen) atoms. The minimum absolute atomic E-state index is 0.353. The number of hydrogen-bond donors (Lipinski definition) is 1. The van der Waals surface area contributed by atoms with E-state index in [0.717, 1.165) is 17.8 Å². The second-order valence-electron chi connectivity index (χ2n) is 10.7. The van der Waals surface area contributed by atoms with Crippen molar-refractivity contribution in [3.63, 3.8) is 0 Å². The van der Waals surface area contributed by atoms with Crippen molar-refractivity contribution < 1.29 is 0 Å². The molecule has 0 saturated heterocycles. The van der Waals surface area contributed by atoms with Crippen LogP contribution in [0, 0.1) is 5.92 Å². The Morgan fingerprint density at radius 1 is 0.615 bits per heavy atom. The second kappa shape index (κ2) is 9.60. The minimum Gasteiger partial charge on any atom is -0.356 e. The van der Waals surface area contributed by atoms with Gasteiger partial charge in [-0.3, -0.25) is 0 Å². The Hall–Kier alpha value is -4.62. The van der Waals surface area contributed by atoms with Gasteiger partial charge >= 0.3 is 0 Å².